The van der Waals surface area contributed by atoms with Gasteiger partial charge in [0.25, 0.3) is 5.91 Å². The number of carbonyl (C=O) groups excluding carboxylic acids is 1. The van der Waals surface area contributed by atoms with E-state index in [0.29, 0.717) is 41.4 Å². The Kier molecular flexibility index (Phi) is 9.75. The molecule has 8 heteroatoms. The monoisotopic (exact) mass is 732 g/mol. The molecule has 0 fully saturated rings. The van der Waals surface area contributed by atoms with Crippen molar-refractivity contribution in [2.24, 2.45) is 5.10 Å². The molecule has 0 saturated carbocycles. The number of hydrogen-bond acceptors (Lipinski definition) is 5. The lowest BCUT2D eigenvalue weighted by Crippen LogP contribution is -2.43. The Balaban J connectivity index is 1.53. The predicted molar refractivity (Wildman–Crippen MR) is 165 cm³/mol. The lowest BCUT2D eigenvalue weighted by atomic mass is 9.85. The molecule has 0 aliphatic heterocycles. The van der Waals surface area contributed by atoms with Crippen molar-refractivity contribution in [1.82, 2.24) is 5.43 Å². The van der Waals surface area contributed by atoms with Crippen LogP contribution in [0, 0.1) is 7.14 Å². The van der Waals surface area contributed by atoms with Crippen LogP contribution in [-0.2, 0) is 17.0 Å². The first-order chi connectivity index (χ1) is 18.4. The van der Waals surface area contributed by atoms with E-state index in [4.69, 9.17) is 9.47 Å². The summed E-state index contributed by atoms with van der Waals surface area (Å²) in [6, 6.07) is 29.5. The molecule has 38 heavy (non-hydrogen) atoms. The molecule has 194 valence electrons. The van der Waals surface area contributed by atoms with Crippen molar-refractivity contribution in [3.05, 3.63) is 126 Å². The van der Waals surface area contributed by atoms with Gasteiger partial charge >= 0.3 is 0 Å². The number of carbonyl (C=O) groups is 1. The van der Waals surface area contributed by atoms with Crippen LogP contribution in [0.1, 0.15) is 29.2 Å². The highest BCUT2D eigenvalue weighted by Crippen LogP contribution is 2.35. The third kappa shape index (κ3) is 6.72. The van der Waals surface area contributed by atoms with Crippen molar-refractivity contribution >= 4 is 57.3 Å². The highest BCUT2D eigenvalue weighted by Gasteiger charge is 2.39. The van der Waals surface area contributed by atoms with Crippen LogP contribution in [0.2, 0.25) is 0 Å². The van der Waals surface area contributed by atoms with Crippen LogP contribution in [-0.4, -0.2) is 23.8 Å². The number of hydrazone groups is 1. The Morgan fingerprint density at radius 3 is 2.11 bits per heavy atom. The molecule has 1 amide bonds. The molecule has 6 nitrogen and oxygen atoms in total. The van der Waals surface area contributed by atoms with Gasteiger partial charge in [-0.05, 0) is 98.6 Å². The summed E-state index contributed by atoms with van der Waals surface area (Å²) in [5.74, 6) is 0.570. The molecule has 0 unspecified atom stereocenters. The molecule has 0 aliphatic rings. The summed E-state index contributed by atoms with van der Waals surface area (Å²) in [6.45, 7) is 2.79. The molecule has 0 spiro atoms. The summed E-state index contributed by atoms with van der Waals surface area (Å²) < 4.78 is 14.0. The Labute approximate surface area is 249 Å². The molecule has 4 rings (SSSR count). The number of aliphatic hydroxyl groups is 1. The molecule has 0 bridgehead atoms. The first kappa shape index (κ1) is 28.1. The van der Waals surface area contributed by atoms with Crippen molar-refractivity contribution in [2.45, 2.75) is 19.1 Å². The minimum absolute atomic E-state index is 0.411. The van der Waals surface area contributed by atoms with E-state index in [1.165, 1.54) is 6.21 Å². The number of halogens is 2. The van der Waals surface area contributed by atoms with Crippen molar-refractivity contribution in [1.29, 1.82) is 0 Å². The Morgan fingerprint density at radius 2 is 1.53 bits per heavy atom. The molecule has 0 heterocycles. The predicted octanol–water partition coefficient (Wildman–Crippen LogP) is 6.26. The fraction of sp³-hybridized carbons (Fsp3) is 0.133. The normalized spacial score (nSPS) is 11.4. The van der Waals surface area contributed by atoms with Gasteiger partial charge < -0.3 is 14.6 Å². The molecule has 0 radical (unpaired) electrons. The van der Waals surface area contributed by atoms with Gasteiger partial charge in [-0.15, -0.1) is 0 Å². The first-order valence-corrected chi connectivity index (χ1v) is 14.1. The molecule has 0 saturated heterocycles. The summed E-state index contributed by atoms with van der Waals surface area (Å²) in [4.78, 5) is 13.3. The van der Waals surface area contributed by atoms with Gasteiger partial charge in [-0.1, -0.05) is 72.8 Å². The quantitative estimate of drug-likeness (QED) is 0.115. The van der Waals surface area contributed by atoms with Gasteiger partial charge in [0.05, 0.1) is 16.4 Å². The zero-order valence-electron chi connectivity index (χ0n) is 20.6. The summed E-state index contributed by atoms with van der Waals surface area (Å²) in [6.07, 6.45) is 1.52. The fourth-order valence-corrected chi connectivity index (χ4v) is 4.98. The van der Waals surface area contributed by atoms with Crippen molar-refractivity contribution in [2.75, 3.05) is 6.61 Å². The molecule has 2 N–H and O–H groups in total. The minimum atomic E-state index is -1.90. The SMILES string of the molecule is CCOc1cc(/C=N\NC(=O)C(O)(c2ccccc2)c2ccccc2)cc(I)c1OCc1ccc(I)cc1. The van der Waals surface area contributed by atoms with E-state index >= 15 is 0 Å². The minimum Gasteiger partial charge on any atom is -0.490 e. The van der Waals surface area contributed by atoms with Gasteiger partial charge in [0.1, 0.15) is 6.61 Å². The Hall–Kier alpha value is -2.96. The average Bonchev–Trinajstić information content (AvgIpc) is 2.94. The van der Waals surface area contributed by atoms with Crippen molar-refractivity contribution in [3.8, 4) is 11.5 Å². The number of ether oxygens (including phenoxy) is 2. The zero-order valence-corrected chi connectivity index (χ0v) is 24.9. The summed E-state index contributed by atoms with van der Waals surface area (Å²) >= 11 is 4.47. The third-order valence-electron chi connectivity index (χ3n) is 5.72. The van der Waals surface area contributed by atoms with Crippen LogP contribution < -0.4 is 14.9 Å². The molecular weight excluding hydrogens is 706 g/mol. The summed E-state index contributed by atoms with van der Waals surface area (Å²) in [5.41, 5.74) is 3.27. The van der Waals surface area contributed by atoms with Gasteiger partial charge in [-0.25, -0.2) is 5.43 Å². The topological polar surface area (TPSA) is 80.2 Å². The third-order valence-corrected chi connectivity index (χ3v) is 7.24. The molecule has 0 aromatic heterocycles. The van der Waals surface area contributed by atoms with Crippen molar-refractivity contribution in [3.63, 3.8) is 0 Å². The number of rotatable bonds is 10. The summed E-state index contributed by atoms with van der Waals surface area (Å²) in [5, 5.41) is 15.7. The number of nitrogens with zero attached hydrogens (tertiary/aromatic N) is 1. The standard InChI is InChI=1S/C30H26I2N2O4/c1-2-37-27-18-22(17-26(32)28(27)38-20-21-13-15-25(31)16-14-21)19-33-34-29(35)30(36,23-9-5-3-6-10-23)24-11-7-4-8-12-24/h3-19,36H,2,20H2,1H3,(H,34,35)/b33-19-. The van der Waals surface area contributed by atoms with Crippen molar-refractivity contribution < 1.29 is 19.4 Å². The maximum absolute atomic E-state index is 13.3. The largest absolute Gasteiger partial charge is 0.490 e. The second kappa shape index (κ2) is 13.2. The molecule has 0 atom stereocenters. The van der Waals surface area contributed by atoms with E-state index < -0.39 is 11.5 Å². The smallest absolute Gasteiger partial charge is 0.281 e. The Bertz CT molecular complexity index is 1360. The van der Waals surface area contributed by atoms with Crippen LogP contribution in [0.15, 0.2) is 102 Å². The number of benzene rings is 4. The number of nitrogens with one attached hydrogen (secondary N) is 1. The second-order valence-electron chi connectivity index (χ2n) is 8.32. The van der Waals surface area contributed by atoms with E-state index in [0.717, 1.165) is 12.7 Å². The maximum atomic E-state index is 13.3. The molecular formula is C30H26I2N2O4. The highest BCUT2D eigenvalue weighted by atomic mass is 127. The Morgan fingerprint density at radius 1 is 0.921 bits per heavy atom. The molecule has 4 aromatic rings. The van der Waals surface area contributed by atoms with E-state index in [2.05, 4.69) is 55.7 Å². The van der Waals surface area contributed by atoms with E-state index in [9.17, 15) is 9.90 Å². The van der Waals surface area contributed by atoms with Gasteiger partial charge in [0.2, 0.25) is 0 Å². The van der Waals surface area contributed by atoms with Crippen LogP contribution in [0.25, 0.3) is 0 Å². The fourth-order valence-electron chi connectivity index (χ4n) is 3.84. The van der Waals surface area contributed by atoms with E-state index in [-0.39, 0.29) is 0 Å². The highest BCUT2D eigenvalue weighted by molar-refractivity contribution is 14.1. The maximum Gasteiger partial charge on any atom is 0.281 e. The van der Waals surface area contributed by atoms with Crippen LogP contribution in [0.5, 0.6) is 11.5 Å². The van der Waals surface area contributed by atoms with Crippen LogP contribution >= 0.6 is 45.2 Å². The van der Waals surface area contributed by atoms with Crippen LogP contribution in [0.3, 0.4) is 0 Å². The lowest BCUT2D eigenvalue weighted by molar-refractivity contribution is -0.136. The number of hydrogen-bond donors (Lipinski definition) is 2. The van der Waals surface area contributed by atoms with Gasteiger partial charge in [0, 0.05) is 3.57 Å². The first-order valence-electron chi connectivity index (χ1n) is 11.9. The zero-order chi connectivity index (χ0) is 27.0. The second-order valence-corrected chi connectivity index (χ2v) is 10.7. The van der Waals surface area contributed by atoms with Gasteiger partial charge in [-0.2, -0.15) is 5.10 Å². The van der Waals surface area contributed by atoms with Gasteiger partial charge in [-0.3, -0.25) is 4.79 Å². The lowest BCUT2D eigenvalue weighted by Gasteiger charge is -2.27. The molecule has 4 aromatic carbocycles. The molecule has 0 aliphatic carbocycles. The number of amides is 1. The van der Waals surface area contributed by atoms with Gasteiger partial charge in [0.15, 0.2) is 17.1 Å². The average molecular weight is 732 g/mol. The van der Waals surface area contributed by atoms with E-state index in [1.807, 2.05) is 55.5 Å². The summed E-state index contributed by atoms with van der Waals surface area (Å²) in [7, 11) is 0. The van der Waals surface area contributed by atoms with Crippen LogP contribution in [0.4, 0.5) is 0 Å². The van der Waals surface area contributed by atoms with E-state index in [1.54, 1.807) is 48.5 Å².